The quantitative estimate of drug-likeness (QED) is 0.283. The van der Waals surface area contributed by atoms with E-state index in [-0.39, 0.29) is 25.5 Å². The minimum atomic E-state index is -4.60. The van der Waals surface area contributed by atoms with Gasteiger partial charge in [-0.2, -0.15) is 0 Å². The molecule has 0 amide bonds. The second kappa shape index (κ2) is 7.88. The average Bonchev–Trinajstić information content (AvgIpc) is 2.12. The van der Waals surface area contributed by atoms with Crippen molar-refractivity contribution in [2.75, 3.05) is 13.7 Å². The molecule has 0 aliphatic rings. The van der Waals surface area contributed by atoms with Crippen LogP contribution in [0.3, 0.4) is 0 Å². The molecule has 0 aromatic rings. The first-order chi connectivity index (χ1) is 6.85. The summed E-state index contributed by atoms with van der Waals surface area (Å²) in [5.74, 6) is -4.15. The molecule has 0 aliphatic heterocycles. The molecular formula is C7H12LiO7P. The van der Waals surface area contributed by atoms with Gasteiger partial charge in [0.25, 0.3) is 5.85 Å². The smallest absolute Gasteiger partial charge is 0.775 e. The van der Waals surface area contributed by atoms with Gasteiger partial charge in [-0.1, -0.05) is 0 Å². The van der Waals surface area contributed by atoms with Crippen molar-refractivity contribution in [3.05, 3.63) is 0 Å². The van der Waals surface area contributed by atoms with Gasteiger partial charge in [0, 0.05) is 6.92 Å². The monoisotopic (exact) mass is 246 g/mol. The van der Waals surface area contributed by atoms with Crippen LogP contribution in [-0.4, -0.2) is 31.5 Å². The number of ether oxygens (including phenoxy) is 2. The maximum absolute atomic E-state index is 11.3. The van der Waals surface area contributed by atoms with Crippen LogP contribution >= 0.6 is 7.60 Å². The van der Waals surface area contributed by atoms with Gasteiger partial charge in [-0.15, -0.1) is 0 Å². The van der Waals surface area contributed by atoms with Crippen LogP contribution in [0.15, 0.2) is 0 Å². The van der Waals surface area contributed by atoms with E-state index >= 15 is 0 Å². The minimum absolute atomic E-state index is 0. The van der Waals surface area contributed by atoms with Crippen molar-refractivity contribution in [3.63, 3.8) is 0 Å². The number of hydrogen-bond acceptors (Lipinski definition) is 7. The Morgan fingerprint density at radius 1 is 1.44 bits per heavy atom. The standard InChI is InChI=1S/C7H13O7P.Li/c1-4-13-15(10,11)7(6(9)12-3)14-5(2)8;/h7H,4H2,1-3H3,(H,10,11);/q;+1/p-1. The number of hydrogen-bond donors (Lipinski definition) is 0. The molecule has 0 bridgehead atoms. The Kier molecular flexibility index (Phi) is 8.90. The summed E-state index contributed by atoms with van der Waals surface area (Å²) in [6, 6.07) is 0. The van der Waals surface area contributed by atoms with Gasteiger partial charge < -0.3 is 23.5 Å². The van der Waals surface area contributed by atoms with Crippen LogP contribution in [0.2, 0.25) is 0 Å². The fourth-order valence-electron chi connectivity index (χ4n) is 0.747. The molecule has 9 heteroatoms. The molecular weight excluding hydrogens is 234 g/mol. The third-order valence-electron chi connectivity index (χ3n) is 1.28. The average molecular weight is 246 g/mol. The Morgan fingerprint density at radius 3 is 2.25 bits per heavy atom. The van der Waals surface area contributed by atoms with Crippen LogP contribution in [0, 0.1) is 0 Å². The predicted octanol–water partition coefficient (Wildman–Crippen LogP) is -3.36. The molecule has 0 saturated heterocycles. The summed E-state index contributed by atoms with van der Waals surface area (Å²) in [5, 5.41) is 0. The molecule has 0 aromatic heterocycles. The van der Waals surface area contributed by atoms with E-state index < -0.39 is 25.4 Å². The first kappa shape index (κ1) is 18.1. The number of esters is 2. The van der Waals surface area contributed by atoms with E-state index in [0.29, 0.717) is 0 Å². The van der Waals surface area contributed by atoms with Crippen molar-refractivity contribution >= 4 is 19.5 Å². The van der Waals surface area contributed by atoms with Crippen molar-refractivity contribution in [1.29, 1.82) is 0 Å². The summed E-state index contributed by atoms with van der Waals surface area (Å²) < 4.78 is 24.1. The van der Waals surface area contributed by atoms with E-state index in [0.717, 1.165) is 14.0 Å². The molecule has 2 unspecified atom stereocenters. The van der Waals surface area contributed by atoms with Crippen molar-refractivity contribution in [1.82, 2.24) is 0 Å². The molecule has 2 atom stereocenters. The van der Waals surface area contributed by atoms with Gasteiger partial charge in [-0.3, -0.25) is 4.79 Å². The predicted molar refractivity (Wildman–Crippen MR) is 46.8 cm³/mol. The molecule has 0 rings (SSSR count). The van der Waals surface area contributed by atoms with Crippen LogP contribution in [0.4, 0.5) is 0 Å². The number of carbonyl (C=O) groups excluding carboxylic acids is 2. The van der Waals surface area contributed by atoms with Gasteiger partial charge in [-0.25, -0.2) is 4.79 Å². The van der Waals surface area contributed by atoms with Gasteiger partial charge in [0.15, 0.2) is 7.60 Å². The summed E-state index contributed by atoms with van der Waals surface area (Å²) in [6.45, 7) is 2.24. The maximum Gasteiger partial charge on any atom is 1.00 e. The van der Waals surface area contributed by atoms with Crippen molar-refractivity contribution in [2.24, 2.45) is 0 Å². The molecule has 0 fully saturated rings. The van der Waals surface area contributed by atoms with Gasteiger partial charge >= 0.3 is 30.8 Å². The second-order valence-electron chi connectivity index (χ2n) is 2.44. The maximum atomic E-state index is 11.3. The van der Waals surface area contributed by atoms with Gasteiger partial charge in [0.05, 0.1) is 13.7 Å². The van der Waals surface area contributed by atoms with E-state index in [2.05, 4.69) is 14.0 Å². The molecule has 0 aliphatic carbocycles. The van der Waals surface area contributed by atoms with Crippen LogP contribution < -0.4 is 23.8 Å². The molecule has 7 nitrogen and oxygen atoms in total. The first-order valence-electron chi connectivity index (χ1n) is 4.05. The Hall–Kier alpha value is -0.313. The van der Waals surface area contributed by atoms with Gasteiger partial charge in [-0.05, 0) is 6.92 Å². The molecule has 0 radical (unpaired) electrons. The van der Waals surface area contributed by atoms with E-state index in [9.17, 15) is 19.0 Å². The first-order valence-corrected chi connectivity index (χ1v) is 5.66. The summed E-state index contributed by atoms with van der Waals surface area (Å²) in [6.07, 6.45) is 0. The Bertz CT molecular complexity index is 292. The number of rotatable bonds is 5. The van der Waals surface area contributed by atoms with Gasteiger partial charge in [0.1, 0.15) is 0 Å². The summed E-state index contributed by atoms with van der Waals surface area (Å²) in [5.41, 5.74) is 0. The Morgan fingerprint density at radius 2 is 1.94 bits per heavy atom. The molecule has 0 heterocycles. The van der Waals surface area contributed by atoms with Crippen molar-refractivity contribution in [3.8, 4) is 0 Å². The molecule has 16 heavy (non-hydrogen) atoms. The zero-order valence-corrected chi connectivity index (χ0v) is 10.5. The van der Waals surface area contributed by atoms with E-state index in [1.54, 1.807) is 0 Å². The van der Waals surface area contributed by atoms with Crippen molar-refractivity contribution in [2.45, 2.75) is 19.7 Å². The van der Waals surface area contributed by atoms with Crippen LogP contribution in [0.1, 0.15) is 13.8 Å². The van der Waals surface area contributed by atoms with E-state index in [1.165, 1.54) is 6.92 Å². The van der Waals surface area contributed by atoms with Crippen molar-refractivity contribution < 1.29 is 51.9 Å². The van der Waals surface area contributed by atoms with Crippen LogP contribution in [0.5, 0.6) is 0 Å². The summed E-state index contributed by atoms with van der Waals surface area (Å²) >= 11 is 0. The molecule has 0 N–H and O–H groups in total. The van der Waals surface area contributed by atoms with E-state index in [4.69, 9.17) is 0 Å². The normalized spacial score (nSPS) is 15.2. The Balaban J connectivity index is 0. The third-order valence-corrected chi connectivity index (χ3v) is 2.79. The SMILES string of the molecule is CCOP(=O)([O-])C(OC(C)=O)C(=O)OC.[Li+]. The second-order valence-corrected chi connectivity index (χ2v) is 4.25. The van der Waals surface area contributed by atoms with E-state index in [1.807, 2.05) is 0 Å². The van der Waals surface area contributed by atoms with Crippen LogP contribution in [0.25, 0.3) is 0 Å². The summed E-state index contributed by atoms with van der Waals surface area (Å²) in [4.78, 5) is 32.9. The van der Waals surface area contributed by atoms with Gasteiger partial charge in [0.2, 0.25) is 0 Å². The number of methoxy groups -OCH3 is 1. The molecule has 0 saturated carbocycles. The molecule has 88 valence electrons. The minimum Gasteiger partial charge on any atom is -0.775 e. The van der Waals surface area contributed by atoms with Crippen LogP contribution in [-0.2, 0) is 28.2 Å². The number of carbonyl (C=O) groups is 2. The fraction of sp³-hybridized carbons (Fsp3) is 0.714. The topological polar surface area (TPSA) is 102 Å². The largest absolute Gasteiger partial charge is 1.00 e. The Labute approximate surface area is 105 Å². The molecule has 0 spiro atoms. The fourth-order valence-corrected chi connectivity index (χ4v) is 1.88. The zero-order chi connectivity index (χ0) is 12.1. The molecule has 0 aromatic carbocycles. The zero-order valence-electron chi connectivity index (χ0n) is 9.59. The third kappa shape index (κ3) is 5.68. The summed E-state index contributed by atoms with van der Waals surface area (Å²) in [7, 11) is -3.62.